The van der Waals surface area contributed by atoms with E-state index in [1.54, 1.807) is 0 Å². The van der Waals surface area contributed by atoms with E-state index in [0.717, 1.165) is 17.9 Å². The minimum atomic E-state index is 0.874. The first-order chi connectivity index (χ1) is 8.27. The summed E-state index contributed by atoms with van der Waals surface area (Å²) in [5.74, 6) is 1.06. The largest absolute Gasteiger partial charge is 0.398 e. The smallest absolute Gasteiger partial charge is 0.0354 e. The second-order valence-corrected chi connectivity index (χ2v) is 5.06. The van der Waals surface area contributed by atoms with Gasteiger partial charge in [0.25, 0.3) is 0 Å². The van der Waals surface area contributed by atoms with Crippen molar-refractivity contribution in [3.63, 3.8) is 0 Å². The van der Waals surface area contributed by atoms with Crippen LogP contribution >= 0.6 is 11.8 Å². The van der Waals surface area contributed by atoms with Gasteiger partial charge < -0.3 is 5.73 Å². The second kappa shape index (κ2) is 5.73. The first-order valence-corrected chi connectivity index (χ1v) is 6.63. The van der Waals surface area contributed by atoms with Crippen LogP contribution in [0.25, 0.3) is 0 Å². The molecule has 0 spiro atoms. The Morgan fingerprint density at radius 1 is 1.18 bits per heavy atom. The number of nitrogen functional groups attached to an aromatic ring is 1. The Balaban J connectivity index is 1.93. The Hall–Kier alpha value is -1.48. The highest BCUT2D eigenvalue weighted by molar-refractivity contribution is 7.99. The molecule has 2 rings (SSSR count). The summed E-state index contributed by atoms with van der Waals surface area (Å²) >= 11 is 1.86. The number of aromatic nitrogens is 1. The van der Waals surface area contributed by atoms with Crippen LogP contribution in [0.2, 0.25) is 0 Å². The molecule has 0 fully saturated rings. The first kappa shape index (κ1) is 12.0. The average molecular weight is 244 g/mol. The van der Waals surface area contributed by atoms with E-state index in [4.69, 9.17) is 5.73 Å². The Morgan fingerprint density at radius 3 is 2.71 bits per heavy atom. The second-order valence-electron chi connectivity index (χ2n) is 3.92. The number of rotatable bonds is 4. The topological polar surface area (TPSA) is 38.9 Å². The minimum absolute atomic E-state index is 0.874. The zero-order valence-electron chi connectivity index (χ0n) is 9.89. The number of pyridine rings is 1. The number of hydrogen-bond acceptors (Lipinski definition) is 3. The van der Waals surface area contributed by atoms with Crippen molar-refractivity contribution in [3.05, 3.63) is 53.9 Å². The Bertz CT molecular complexity index is 483. The van der Waals surface area contributed by atoms with Gasteiger partial charge >= 0.3 is 0 Å². The van der Waals surface area contributed by atoms with Crippen LogP contribution < -0.4 is 5.73 Å². The fraction of sp³-hybridized carbons (Fsp3) is 0.214. The van der Waals surface area contributed by atoms with Gasteiger partial charge in [-0.2, -0.15) is 0 Å². The van der Waals surface area contributed by atoms with E-state index in [1.807, 2.05) is 36.3 Å². The monoisotopic (exact) mass is 244 g/mol. The predicted octanol–water partition coefficient (Wildman–Crippen LogP) is 3.31. The average Bonchev–Trinajstić information content (AvgIpc) is 2.36. The Morgan fingerprint density at radius 2 is 1.94 bits per heavy atom. The Kier molecular flexibility index (Phi) is 4.04. The van der Waals surface area contributed by atoms with Crippen molar-refractivity contribution in [2.24, 2.45) is 0 Å². The first-order valence-electron chi connectivity index (χ1n) is 5.64. The summed E-state index contributed by atoms with van der Waals surface area (Å²) in [6.07, 6.45) is 4.74. The van der Waals surface area contributed by atoms with Gasteiger partial charge in [-0.15, -0.1) is 11.8 Å². The van der Waals surface area contributed by atoms with Crippen LogP contribution in [0.4, 0.5) is 5.69 Å². The molecular formula is C14H16N2S. The molecule has 0 aliphatic rings. The molecule has 1 heterocycles. The molecule has 1 aromatic heterocycles. The summed E-state index contributed by atoms with van der Waals surface area (Å²) in [4.78, 5) is 5.29. The van der Waals surface area contributed by atoms with Gasteiger partial charge in [0.2, 0.25) is 0 Å². The maximum absolute atomic E-state index is 5.88. The van der Waals surface area contributed by atoms with Gasteiger partial charge in [-0.3, -0.25) is 4.98 Å². The third-order valence-corrected chi connectivity index (χ3v) is 3.89. The van der Waals surface area contributed by atoms with E-state index in [1.165, 1.54) is 16.0 Å². The molecule has 0 saturated carbocycles. The number of thioether (sulfide) groups is 1. The van der Waals surface area contributed by atoms with E-state index in [2.05, 4.69) is 30.1 Å². The minimum Gasteiger partial charge on any atom is -0.398 e. The third kappa shape index (κ3) is 3.24. The maximum Gasteiger partial charge on any atom is 0.0354 e. The summed E-state index contributed by atoms with van der Waals surface area (Å²) in [6, 6.07) is 10.2. The van der Waals surface area contributed by atoms with E-state index in [-0.39, 0.29) is 0 Å². The van der Waals surface area contributed by atoms with Gasteiger partial charge in [0.1, 0.15) is 0 Å². The van der Waals surface area contributed by atoms with Gasteiger partial charge in [0.05, 0.1) is 0 Å². The van der Waals surface area contributed by atoms with Crippen molar-refractivity contribution in [2.75, 3.05) is 11.5 Å². The molecular weight excluding hydrogens is 228 g/mol. The van der Waals surface area contributed by atoms with Gasteiger partial charge in [-0.05, 0) is 48.7 Å². The van der Waals surface area contributed by atoms with E-state index in [0.29, 0.717) is 0 Å². The van der Waals surface area contributed by atoms with Gasteiger partial charge in [-0.1, -0.05) is 6.07 Å². The lowest BCUT2D eigenvalue weighted by atomic mass is 10.2. The molecule has 17 heavy (non-hydrogen) atoms. The van der Waals surface area contributed by atoms with Crippen molar-refractivity contribution < 1.29 is 0 Å². The maximum atomic E-state index is 5.88. The van der Waals surface area contributed by atoms with Gasteiger partial charge in [0, 0.05) is 28.7 Å². The molecule has 2 N–H and O–H groups in total. The zero-order chi connectivity index (χ0) is 12.1. The van der Waals surface area contributed by atoms with E-state index in [9.17, 15) is 0 Å². The molecule has 1 aromatic carbocycles. The molecule has 0 saturated heterocycles. The Labute approximate surface area is 106 Å². The van der Waals surface area contributed by atoms with Crippen LogP contribution in [0.5, 0.6) is 0 Å². The number of nitrogens with zero attached hydrogens (tertiary/aromatic N) is 1. The highest BCUT2D eigenvalue weighted by atomic mass is 32.2. The van der Waals surface area contributed by atoms with Crippen LogP contribution in [0.1, 0.15) is 11.1 Å². The molecule has 2 nitrogen and oxygen atoms in total. The fourth-order valence-corrected chi connectivity index (χ4v) is 2.68. The van der Waals surface area contributed by atoms with Crippen molar-refractivity contribution >= 4 is 17.4 Å². The van der Waals surface area contributed by atoms with Crippen LogP contribution in [0.15, 0.2) is 47.6 Å². The molecule has 3 heteroatoms. The summed E-state index contributed by atoms with van der Waals surface area (Å²) in [5.41, 5.74) is 9.27. The van der Waals surface area contributed by atoms with Crippen molar-refractivity contribution in [2.45, 2.75) is 18.2 Å². The number of nitrogens with two attached hydrogens (primary N) is 1. The van der Waals surface area contributed by atoms with Crippen LogP contribution in [-0.4, -0.2) is 10.7 Å². The zero-order valence-corrected chi connectivity index (χ0v) is 10.7. The normalized spacial score (nSPS) is 10.4. The van der Waals surface area contributed by atoms with Crippen molar-refractivity contribution in [3.8, 4) is 0 Å². The number of aryl methyl sites for hydroxylation is 1. The molecule has 0 amide bonds. The van der Waals surface area contributed by atoms with Gasteiger partial charge in [-0.25, -0.2) is 0 Å². The summed E-state index contributed by atoms with van der Waals surface area (Å²) in [6.45, 7) is 2.07. The lowest BCUT2D eigenvalue weighted by Gasteiger charge is -2.07. The summed E-state index contributed by atoms with van der Waals surface area (Å²) in [5, 5.41) is 0. The summed E-state index contributed by atoms with van der Waals surface area (Å²) < 4.78 is 0. The van der Waals surface area contributed by atoms with Crippen LogP contribution in [-0.2, 0) is 6.42 Å². The van der Waals surface area contributed by atoms with Crippen LogP contribution in [0.3, 0.4) is 0 Å². The summed E-state index contributed by atoms with van der Waals surface area (Å²) in [7, 11) is 0. The SMILES string of the molecule is Cc1c(N)cccc1SCCc1ccncc1. The highest BCUT2D eigenvalue weighted by Crippen LogP contribution is 2.26. The van der Waals surface area contributed by atoms with Crippen LogP contribution in [0, 0.1) is 6.92 Å². The fourth-order valence-electron chi connectivity index (χ4n) is 1.62. The van der Waals surface area contributed by atoms with E-state index < -0.39 is 0 Å². The molecule has 0 atom stereocenters. The number of hydrogen-bond donors (Lipinski definition) is 1. The van der Waals surface area contributed by atoms with Crippen molar-refractivity contribution in [1.29, 1.82) is 0 Å². The quantitative estimate of drug-likeness (QED) is 0.662. The predicted molar refractivity (Wildman–Crippen MR) is 74.3 cm³/mol. The lowest BCUT2D eigenvalue weighted by molar-refractivity contribution is 1.13. The molecule has 0 aliphatic carbocycles. The molecule has 0 radical (unpaired) electrons. The van der Waals surface area contributed by atoms with E-state index >= 15 is 0 Å². The molecule has 2 aromatic rings. The molecule has 0 bridgehead atoms. The number of benzene rings is 1. The molecule has 0 aliphatic heterocycles. The lowest BCUT2D eigenvalue weighted by Crippen LogP contribution is -1.93. The van der Waals surface area contributed by atoms with Gasteiger partial charge in [0.15, 0.2) is 0 Å². The standard InChI is InChI=1S/C14H16N2S/c1-11-13(15)3-2-4-14(11)17-10-7-12-5-8-16-9-6-12/h2-6,8-9H,7,10,15H2,1H3. The molecule has 0 unspecified atom stereocenters. The number of anilines is 1. The molecule has 88 valence electrons. The van der Waals surface area contributed by atoms with Crippen molar-refractivity contribution in [1.82, 2.24) is 4.98 Å². The third-order valence-electron chi connectivity index (χ3n) is 2.72. The highest BCUT2D eigenvalue weighted by Gasteiger charge is 2.01.